The van der Waals surface area contributed by atoms with Crippen molar-refractivity contribution in [3.8, 4) is 0 Å². The molecule has 3 aromatic carbocycles. The van der Waals surface area contributed by atoms with Gasteiger partial charge in [-0.2, -0.15) is 0 Å². The molecule has 170 valence electrons. The minimum absolute atomic E-state index is 0.139. The van der Waals surface area contributed by atoms with E-state index in [1.807, 2.05) is 126 Å². The molecule has 0 N–H and O–H groups in total. The van der Waals surface area contributed by atoms with Gasteiger partial charge in [-0.1, -0.05) is 102 Å². The summed E-state index contributed by atoms with van der Waals surface area (Å²) in [7, 11) is -0.611. The fourth-order valence-corrected chi connectivity index (χ4v) is 3.21. The largest absolute Gasteiger partial charge is 0.289 e. The molecule has 0 spiro atoms. The summed E-state index contributed by atoms with van der Waals surface area (Å²) in [6.07, 6.45) is 3.28. The lowest BCUT2D eigenvalue weighted by molar-refractivity contribution is 0.690. The van der Waals surface area contributed by atoms with Crippen molar-refractivity contribution in [1.82, 2.24) is 0 Å². The monoisotopic (exact) mass is 458 g/mol. The van der Waals surface area contributed by atoms with Crippen LogP contribution in [0, 0.1) is 0 Å². The molecule has 0 aliphatic rings. The first-order valence-corrected chi connectivity index (χ1v) is 13.5. The summed E-state index contributed by atoms with van der Waals surface area (Å²) >= 11 is 1.67. The SMILES string of the molecule is CC.CC.CC.CS(C)=O.O=c1c2ccccc2sc2ccccc12.c1ccccc1. The lowest BCUT2D eigenvalue weighted by Gasteiger charge is -1.99. The molecule has 1 heterocycles. The molecule has 0 saturated carbocycles. The average molecular weight is 459 g/mol. The third-order valence-electron chi connectivity index (χ3n) is 3.15. The smallest absolute Gasteiger partial charge is 0.195 e. The van der Waals surface area contributed by atoms with Gasteiger partial charge in [-0.05, 0) is 24.3 Å². The molecular formula is C27H38O2S2. The van der Waals surface area contributed by atoms with E-state index in [1.54, 1.807) is 23.8 Å². The van der Waals surface area contributed by atoms with Crippen molar-refractivity contribution in [1.29, 1.82) is 0 Å². The minimum atomic E-state index is -0.611. The molecule has 0 fully saturated rings. The maximum atomic E-state index is 12.1. The molecule has 0 unspecified atom stereocenters. The first-order chi connectivity index (χ1) is 15.1. The van der Waals surface area contributed by atoms with E-state index in [4.69, 9.17) is 0 Å². The Kier molecular flexibility index (Phi) is 20.9. The van der Waals surface area contributed by atoms with E-state index in [0.29, 0.717) is 0 Å². The number of hydrogen-bond donors (Lipinski definition) is 0. The van der Waals surface area contributed by atoms with Gasteiger partial charge in [-0.15, -0.1) is 11.3 Å². The maximum Gasteiger partial charge on any atom is 0.195 e. The van der Waals surface area contributed by atoms with Crippen LogP contribution in [0.1, 0.15) is 41.5 Å². The molecule has 0 aliphatic carbocycles. The van der Waals surface area contributed by atoms with E-state index >= 15 is 0 Å². The highest BCUT2D eigenvalue weighted by Gasteiger charge is 2.03. The number of fused-ring (bicyclic) bond motifs is 2. The molecule has 0 radical (unpaired) electrons. The highest BCUT2D eigenvalue weighted by Crippen LogP contribution is 2.23. The van der Waals surface area contributed by atoms with Crippen molar-refractivity contribution in [2.75, 3.05) is 12.5 Å². The second-order valence-corrected chi connectivity index (χ2v) is 7.89. The van der Waals surface area contributed by atoms with Gasteiger partial charge in [0.05, 0.1) is 0 Å². The Morgan fingerprint density at radius 3 is 1.10 bits per heavy atom. The first-order valence-electron chi connectivity index (χ1n) is 10.8. The maximum absolute atomic E-state index is 12.1. The fraction of sp³-hybridized carbons (Fsp3) is 0.296. The zero-order valence-electron chi connectivity index (χ0n) is 20.2. The van der Waals surface area contributed by atoms with Gasteiger partial charge in [-0.3, -0.25) is 9.00 Å². The summed E-state index contributed by atoms with van der Waals surface area (Å²) in [5, 5.41) is 1.64. The first kappa shape index (κ1) is 30.9. The summed E-state index contributed by atoms with van der Waals surface area (Å²) < 4.78 is 11.7. The van der Waals surface area contributed by atoms with Crippen LogP contribution in [0.15, 0.2) is 89.7 Å². The molecule has 0 amide bonds. The van der Waals surface area contributed by atoms with E-state index in [1.165, 1.54) is 0 Å². The van der Waals surface area contributed by atoms with E-state index in [9.17, 15) is 9.00 Å². The molecule has 4 heteroatoms. The van der Waals surface area contributed by atoms with E-state index in [2.05, 4.69) is 0 Å². The standard InChI is InChI=1S/C13H8OS.C6H6.C2H6OS.3C2H6/c14-13-9-5-1-3-7-11(9)15-12-8-4-2-6-10(12)13;1-2-4-6-5-3-1;1-4(2)3;3*1-2/h1-8H;1-6H;1-2H3;3*1-2H3. The zero-order chi connectivity index (χ0) is 24.1. The predicted molar refractivity (Wildman–Crippen MR) is 146 cm³/mol. The highest BCUT2D eigenvalue weighted by atomic mass is 32.2. The Hall–Kier alpha value is -2.30. The van der Waals surface area contributed by atoms with Crippen LogP contribution in [-0.2, 0) is 10.8 Å². The van der Waals surface area contributed by atoms with Crippen LogP contribution < -0.4 is 5.43 Å². The molecule has 4 rings (SSSR count). The van der Waals surface area contributed by atoms with Crippen molar-refractivity contribution in [2.45, 2.75) is 41.5 Å². The van der Waals surface area contributed by atoms with Crippen LogP contribution in [-0.4, -0.2) is 16.7 Å². The van der Waals surface area contributed by atoms with E-state index in [-0.39, 0.29) is 5.43 Å². The number of benzene rings is 3. The summed E-state index contributed by atoms with van der Waals surface area (Å²) in [6, 6.07) is 27.5. The zero-order valence-corrected chi connectivity index (χ0v) is 21.8. The Bertz CT molecular complexity index is 922. The van der Waals surface area contributed by atoms with Crippen LogP contribution in [0.2, 0.25) is 0 Å². The van der Waals surface area contributed by atoms with E-state index < -0.39 is 10.8 Å². The van der Waals surface area contributed by atoms with Crippen molar-refractivity contribution in [2.24, 2.45) is 0 Å². The second-order valence-electron chi connectivity index (χ2n) is 5.32. The van der Waals surface area contributed by atoms with Gasteiger partial charge >= 0.3 is 0 Å². The fourth-order valence-electron chi connectivity index (χ4n) is 2.13. The quantitative estimate of drug-likeness (QED) is 0.249. The van der Waals surface area contributed by atoms with Gasteiger partial charge < -0.3 is 0 Å². The Labute approximate surface area is 195 Å². The van der Waals surface area contributed by atoms with E-state index in [0.717, 1.165) is 20.2 Å². The van der Waals surface area contributed by atoms with Crippen LogP contribution in [0.3, 0.4) is 0 Å². The second kappa shape index (κ2) is 21.0. The molecule has 0 atom stereocenters. The molecule has 4 aromatic rings. The van der Waals surface area contributed by atoms with Gasteiger partial charge in [-0.25, -0.2) is 0 Å². The Morgan fingerprint density at radius 1 is 0.548 bits per heavy atom. The molecule has 0 saturated heterocycles. The van der Waals surface area contributed by atoms with Crippen LogP contribution in [0.5, 0.6) is 0 Å². The molecule has 0 bridgehead atoms. The van der Waals surface area contributed by atoms with Crippen molar-refractivity contribution < 1.29 is 4.21 Å². The lowest BCUT2D eigenvalue weighted by atomic mass is 10.2. The van der Waals surface area contributed by atoms with Gasteiger partial charge in [0.15, 0.2) is 5.43 Å². The molecule has 31 heavy (non-hydrogen) atoms. The molecule has 0 aliphatic heterocycles. The summed E-state index contributed by atoms with van der Waals surface area (Å²) in [6.45, 7) is 12.0. The van der Waals surface area contributed by atoms with Crippen molar-refractivity contribution in [3.05, 3.63) is 95.2 Å². The topological polar surface area (TPSA) is 34.1 Å². The third kappa shape index (κ3) is 12.9. The summed E-state index contributed by atoms with van der Waals surface area (Å²) in [4.78, 5) is 12.1. The predicted octanol–water partition coefficient (Wildman–Crippen LogP) is 8.17. The number of rotatable bonds is 0. The molecule has 2 nitrogen and oxygen atoms in total. The van der Waals surface area contributed by atoms with Crippen LogP contribution in [0.25, 0.3) is 20.2 Å². The molecule has 1 aromatic heterocycles. The van der Waals surface area contributed by atoms with Gasteiger partial charge in [0.2, 0.25) is 0 Å². The average Bonchev–Trinajstić information content (AvgIpc) is 2.84. The Morgan fingerprint density at radius 2 is 0.806 bits per heavy atom. The van der Waals surface area contributed by atoms with Crippen LogP contribution in [0.4, 0.5) is 0 Å². The highest BCUT2D eigenvalue weighted by molar-refractivity contribution is 7.83. The van der Waals surface area contributed by atoms with Crippen molar-refractivity contribution in [3.63, 3.8) is 0 Å². The third-order valence-corrected chi connectivity index (χ3v) is 4.30. The lowest BCUT2D eigenvalue weighted by Crippen LogP contribution is -1.99. The van der Waals surface area contributed by atoms with Crippen molar-refractivity contribution >= 4 is 42.3 Å². The van der Waals surface area contributed by atoms with Crippen LogP contribution >= 0.6 is 11.3 Å². The summed E-state index contributed by atoms with van der Waals surface area (Å²) in [5.74, 6) is 0. The Balaban J connectivity index is 0. The van der Waals surface area contributed by atoms with Gasteiger partial charge in [0, 0.05) is 43.5 Å². The summed E-state index contributed by atoms with van der Waals surface area (Å²) in [5.41, 5.74) is 0.139. The number of hydrogen-bond acceptors (Lipinski definition) is 3. The van der Waals surface area contributed by atoms with Gasteiger partial charge in [0.1, 0.15) is 0 Å². The normalized spacial score (nSPS) is 8.55. The minimum Gasteiger partial charge on any atom is -0.289 e. The molecular weight excluding hydrogens is 420 g/mol. The van der Waals surface area contributed by atoms with Gasteiger partial charge in [0.25, 0.3) is 0 Å².